The van der Waals surface area contributed by atoms with Crippen molar-refractivity contribution in [1.82, 2.24) is 10.2 Å². The van der Waals surface area contributed by atoms with Crippen molar-refractivity contribution in [3.63, 3.8) is 0 Å². The average molecular weight is 400 g/mol. The predicted octanol–water partition coefficient (Wildman–Crippen LogP) is 3.34. The van der Waals surface area contributed by atoms with Gasteiger partial charge in [-0.15, -0.1) is 0 Å². The van der Waals surface area contributed by atoms with E-state index in [0.29, 0.717) is 10.6 Å². The number of fused-ring (bicyclic) bond motifs is 1. The number of hydrogen-bond donors (Lipinski definition) is 2. The molecule has 1 aromatic heterocycles. The maximum atomic E-state index is 12.9. The maximum absolute atomic E-state index is 12.9. The van der Waals surface area contributed by atoms with Crippen molar-refractivity contribution < 1.29 is 12.8 Å². The summed E-state index contributed by atoms with van der Waals surface area (Å²) in [4.78, 5) is 2.67. The van der Waals surface area contributed by atoms with Crippen LogP contribution in [0.5, 0.6) is 0 Å². The first-order valence-corrected chi connectivity index (χ1v) is 11.0. The van der Waals surface area contributed by atoms with E-state index in [9.17, 15) is 8.42 Å². The summed E-state index contributed by atoms with van der Waals surface area (Å²) in [6, 6.07) is 12.6. The number of nitrogens with zero attached hydrogens (tertiary/aromatic N) is 1. The molecule has 0 atom stereocenters. The van der Waals surface area contributed by atoms with Crippen molar-refractivity contribution in [3.8, 4) is 0 Å². The quantitative estimate of drug-likeness (QED) is 0.688. The van der Waals surface area contributed by atoms with E-state index >= 15 is 0 Å². The molecule has 2 aromatic carbocycles. The van der Waals surface area contributed by atoms with Crippen LogP contribution in [0.2, 0.25) is 0 Å². The predicted molar refractivity (Wildman–Crippen MR) is 111 cm³/mol. The van der Waals surface area contributed by atoms with Gasteiger partial charge in [0.1, 0.15) is 5.58 Å². The Kier molecular flexibility index (Phi) is 5.39. The molecule has 0 bridgehead atoms. The number of aryl methyl sites for hydroxylation is 1. The van der Waals surface area contributed by atoms with Gasteiger partial charge in [-0.1, -0.05) is 18.2 Å². The smallest absolute Gasteiger partial charge is 0.262 e. The molecule has 3 aromatic rings. The van der Waals surface area contributed by atoms with E-state index in [2.05, 4.69) is 14.9 Å². The molecule has 28 heavy (non-hydrogen) atoms. The molecule has 148 valence electrons. The molecule has 0 amide bonds. The fourth-order valence-electron chi connectivity index (χ4n) is 3.70. The topological polar surface area (TPSA) is 74.6 Å². The molecule has 1 aliphatic rings. The third-order valence-corrected chi connectivity index (χ3v) is 6.63. The van der Waals surface area contributed by atoms with Crippen LogP contribution in [-0.4, -0.2) is 39.5 Å². The van der Waals surface area contributed by atoms with Crippen molar-refractivity contribution in [1.29, 1.82) is 0 Å². The fraction of sp³-hybridized carbons (Fsp3) is 0.333. The van der Waals surface area contributed by atoms with Crippen LogP contribution in [-0.2, 0) is 16.6 Å². The van der Waals surface area contributed by atoms with Crippen LogP contribution >= 0.6 is 0 Å². The number of rotatable bonds is 5. The lowest BCUT2D eigenvalue weighted by atomic mass is 10.1. The Hall–Kier alpha value is -2.35. The molecule has 7 heteroatoms. The van der Waals surface area contributed by atoms with Crippen LogP contribution < -0.4 is 10.0 Å². The standard InChI is InChI=1S/C21H25N3O3S/c1-16-5-2-3-6-20(16)28(25,26)23-19-13-17-7-12-27-21(17)18(14-19)15-24-10-4-8-22-9-11-24/h2-3,5-7,12-14,22-23H,4,8-11,15H2,1H3. The number of furan rings is 1. The van der Waals surface area contributed by atoms with Gasteiger partial charge in [0.15, 0.2) is 0 Å². The molecule has 4 rings (SSSR count). The number of hydrogen-bond acceptors (Lipinski definition) is 5. The molecule has 2 N–H and O–H groups in total. The summed E-state index contributed by atoms with van der Waals surface area (Å²) in [6.07, 6.45) is 2.75. The molecular formula is C21H25N3O3S. The molecular weight excluding hydrogens is 374 g/mol. The Labute approximate surface area is 165 Å². The second-order valence-corrected chi connectivity index (χ2v) is 8.88. The summed E-state index contributed by atoms with van der Waals surface area (Å²) in [5.74, 6) is 0. The normalized spacial score (nSPS) is 16.2. The van der Waals surface area contributed by atoms with E-state index in [4.69, 9.17) is 4.42 Å². The summed E-state index contributed by atoms with van der Waals surface area (Å²) in [5, 5.41) is 4.30. The lowest BCUT2D eigenvalue weighted by molar-refractivity contribution is 0.284. The highest BCUT2D eigenvalue weighted by Gasteiger charge is 2.19. The van der Waals surface area contributed by atoms with Crippen LogP contribution in [0.25, 0.3) is 11.0 Å². The summed E-state index contributed by atoms with van der Waals surface area (Å²) < 4.78 is 34.2. The Bertz CT molecular complexity index is 1070. The van der Waals surface area contributed by atoms with Gasteiger partial charge in [0.25, 0.3) is 10.0 Å². The summed E-state index contributed by atoms with van der Waals surface area (Å²) in [5.41, 5.74) is 3.08. The first kappa shape index (κ1) is 19.0. The van der Waals surface area contributed by atoms with E-state index in [1.807, 2.05) is 24.3 Å². The van der Waals surface area contributed by atoms with Crippen molar-refractivity contribution in [2.45, 2.75) is 24.8 Å². The number of anilines is 1. The van der Waals surface area contributed by atoms with Crippen LogP contribution in [0.3, 0.4) is 0 Å². The number of benzene rings is 2. The minimum Gasteiger partial charge on any atom is -0.464 e. The molecule has 0 radical (unpaired) electrons. The zero-order valence-corrected chi connectivity index (χ0v) is 16.8. The molecule has 0 aliphatic carbocycles. The lowest BCUT2D eigenvalue weighted by Gasteiger charge is -2.20. The van der Waals surface area contributed by atoms with Gasteiger partial charge >= 0.3 is 0 Å². The van der Waals surface area contributed by atoms with E-state index in [0.717, 1.165) is 61.2 Å². The Morgan fingerprint density at radius 3 is 2.86 bits per heavy atom. The van der Waals surface area contributed by atoms with Crippen LogP contribution in [0, 0.1) is 6.92 Å². The first-order valence-electron chi connectivity index (χ1n) is 9.54. The Morgan fingerprint density at radius 1 is 1.14 bits per heavy atom. The molecule has 0 saturated carbocycles. The average Bonchev–Trinajstić information content (AvgIpc) is 2.98. The third kappa shape index (κ3) is 4.06. The zero-order chi connectivity index (χ0) is 19.6. The summed E-state index contributed by atoms with van der Waals surface area (Å²) >= 11 is 0. The van der Waals surface area contributed by atoms with E-state index in [-0.39, 0.29) is 0 Å². The van der Waals surface area contributed by atoms with Crippen LogP contribution in [0.1, 0.15) is 17.5 Å². The maximum Gasteiger partial charge on any atom is 0.262 e. The molecule has 2 heterocycles. The van der Waals surface area contributed by atoms with Crippen molar-refractivity contribution in [3.05, 3.63) is 59.9 Å². The van der Waals surface area contributed by atoms with Gasteiger partial charge in [0.05, 0.1) is 16.8 Å². The second-order valence-electron chi connectivity index (χ2n) is 7.23. The van der Waals surface area contributed by atoms with E-state index < -0.39 is 10.0 Å². The molecule has 0 spiro atoms. The van der Waals surface area contributed by atoms with Crippen molar-refractivity contribution in [2.24, 2.45) is 0 Å². The zero-order valence-electron chi connectivity index (χ0n) is 15.9. The highest BCUT2D eigenvalue weighted by atomic mass is 32.2. The lowest BCUT2D eigenvalue weighted by Crippen LogP contribution is -2.27. The minimum absolute atomic E-state index is 0.294. The Balaban J connectivity index is 1.65. The van der Waals surface area contributed by atoms with Crippen molar-refractivity contribution in [2.75, 3.05) is 30.9 Å². The van der Waals surface area contributed by atoms with Gasteiger partial charge in [0.2, 0.25) is 0 Å². The van der Waals surface area contributed by atoms with E-state index in [1.165, 1.54) is 0 Å². The number of nitrogens with one attached hydrogen (secondary N) is 2. The third-order valence-electron chi connectivity index (χ3n) is 5.09. The molecule has 1 aliphatic heterocycles. The van der Waals surface area contributed by atoms with Gasteiger partial charge < -0.3 is 9.73 Å². The highest BCUT2D eigenvalue weighted by Crippen LogP contribution is 2.28. The molecule has 1 saturated heterocycles. The largest absolute Gasteiger partial charge is 0.464 e. The Morgan fingerprint density at radius 2 is 2.00 bits per heavy atom. The first-order chi connectivity index (χ1) is 13.5. The monoisotopic (exact) mass is 399 g/mol. The fourth-order valence-corrected chi connectivity index (χ4v) is 4.99. The SMILES string of the molecule is Cc1ccccc1S(=O)(=O)Nc1cc(CN2CCCNCC2)c2occc2c1. The van der Waals surface area contributed by atoms with Crippen LogP contribution in [0.15, 0.2) is 58.0 Å². The highest BCUT2D eigenvalue weighted by molar-refractivity contribution is 7.92. The molecule has 1 fully saturated rings. The van der Waals surface area contributed by atoms with E-state index in [1.54, 1.807) is 31.4 Å². The van der Waals surface area contributed by atoms with Gasteiger partial charge in [-0.3, -0.25) is 9.62 Å². The van der Waals surface area contributed by atoms with Gasteiger partial charge in [-0.2, -0.15) is 0 Å². The molecule has 6 nitrogen and oxygen atoms in total. The second kappa shape index (κ2) is 7.95. The summed E-state index contributed by atoms with van der Waals surface area (Å²) in [6.45, 7) is 6.48. The minimum atomic E-state index is -3.66. The van der Waals surface area contributed by atoms with Gasteiger partial charge in [-0.05, 0) is 56.3 Å². The summed E-state index contributed by atoms with van der Waals surface area (Å²) in [7, 11) is -3.66. The number of sulfonamides is 1. The van der Waals surface area contributed by atoms with Gasteiger partial charge in [-0.25, -0.2) is 8.42 Å². The van der Waals surface area contributed by atoms with Crippen LogP contribution in [0.4, 0.5) is 5.69 Å². The molecule has 0 unspecified atom stereocenters. The van der Waals surface area contributed by atoms with Crippen molar-refractivity contribution >= 4 is 26.7 Å². The van der Waals surface area contributed by atoms with Gasteiger partial charge in [0, 0.05) is 30.6 Å².